The van der Waals surface area contributed by atoms with E-state index in [9.17, 15) is 10.2 Å². The second kappa shape index (κ2) is 7.59. The predicted molar refractivity (Wildman–Crippen MR) is 138 cm³/mol. The summed E-state index contributed by atoms with van der Waals surface area (Å²) in [6.07, 6.45) is 4.16. The van der Waals surface area contributed by atoms with Gasteiger partial charge in [0.1, 0.15) is 5.75 Å². The van der Waals surface area contributed by atoms with E-state index in [0.717, 1.165) is 65.3 Å². The van der Waals surface area contributed by atoms with Gasteiger partial charge in [0, 0.05) is 35.5 Å². The number of hydrogen-bond donors (Lipinski definition) is 2. The Labute approximate surface area is 211 Å². The van der Waals surface area contributed by atoms with Crippen molar-refractivity contribution in [3.8, 4) is 17.2 Å². The zero-order valence-electron chi connectivity index (χ0n) is 21.3. The average Bonchev–Trinajstić information content (AvgIpc) is 3.64. The highest BCUT2D eigenvalue weighted by Gasteiger charge is 2.73. The van der Waals surface area contributed by atoms with E-state index < -0.39 is 17.1 Å². The molecule has 188 valence electrons. The standard InChI is InChI=1S/C28H28N2O4.C2H6/c1-33-24-17-4-2-3-5-19(17)29-23-18(24)13-28(32)21-12-16-8-9-20(31)25-22(16)27(28,26(23)34-25)10-11-30(21)14-15-6-7-15;1-2/h2-5,8-9,15,21,26,31-32H,6-7,10-14H2,1H3;1-2H3/t21-,26?,27+,28?;/m1./s1. The molecule has 2 fully saturated rings. The number of benzene rings is 2. The van der Waals surface area contributed by atoms with E-state index in [0.29, 0.717) is 12.2 Å². The second-order valence-electron chi connectivity index (χ2n) is 11.0. The van der Waals surface area contributed by atoms with Crippen LogP contribution in [0, 0.1) is 5.92 Å². The molecule has 3 aromatic rings. The zero-order valence-corrected chi connectivity index (χ0v) is 21.3. The molecule has 2 aliphatic heterocycles. The number of ether oxygens (including phenoxy) is 2. The van der Waals surface area contributed by atoms with Crippen LogP contribution < -0.4 is 9.47 Å². The number of fused-ring (bicyclic) bond motifs is 3. The van der Waals surface area contributed by atoms with Crippen molar-refractivity contribution < 1.29 is 19.7 Å². The predicted octanol–water partition coefficient (Wildman–Crippen LogP) is 4.67. The Hall–Kier alpha value is -2.83. The highest BCUT2D eigenvalue weighted by atomic mass is 16.5. The highest BCUT2D eigenvalue weighted by Crippen LogP contribution is 2.69. The number of aromatic hydroxyl groups is 1. The molecule has 8 rings (SSSR count). The molecule has 1 saturated heterocycles. The van der Waals surface area contributed by atoms with Gasteiger partial charge in [-0.3, -0.25) is 4.90 Å². The molecule has 0 amide bonds. The minimum atomic E-state index is -1.03. The molecule has 1 saturated carbocycles. The summed E-state index contributed by atoms with van der Waals surface area (Å²) in [4.78, 5) is 7.65. The maximum absolute atomic E-state index is 12.9. The first-order chi connectivity index (χ1) is 17.5. The van der Waals surface area contributed by atoms with Gasteiger partial charge < -0.3 is 19.7 Å². The van der Waals surface area contributed by atoms with Gasteiger partial charge in [-0.2, -0.15) is 0 Å². The smallest absolute Gasteiger partial charge is 0.166 e. The first-order valence-electron chi connectivity index (χ1n) is 13.5. The van der Waals surface area contributed by atoms with Crippen molar-refractivity contribution in [2.24, 2.45) is 5.92 Å². The zero-order chi connectivity index (χ0) is 24.8. The number of aromatic nitrogens is 1. The summed E-state index contributed by atoms with van der Waals surface area (Å²) < 4.78 is 12.6. The second-order valence-corrected chi connectivity index (χ2v) is 11.0. The minimum absolute atomic E-state index is 0.000249. The van der Waals surface area contributed by atoms with E-state index in [-0.39, 0.29) is 11.8 Å². The summed E-state index contributed by atoms with van der Waals surface area (Å²) in [6, 6.07) is 11.8. The number of pyridine rings is 1. The van der Waals surface area contributed by atoms with Crippen LogP contribution in [0.5, 0.6) is 17.2 Å². The maximum atomic E-state index is 12.9. The van der Waals surface area contributed by atoms with Crippen LogP contribution in [0.4, 0.5) is 0 Å². The molecule has 1 aromatic heterocycles. The fraction of sp³-hybridized carbons (Fsp3) is 0.500. The molecular weight excluding hydrogens is 452 g/mol. The number of methoxy groups -OCH3 is 1. The summed E-state index contributed by atoms with van der Waals surface area (Å²) in [6.45, 7) is 5.98. The summed E-state index contributed by atoms with van der Waals surface area (Å²) in [5.41, 5.74) is 3.22. The molecule has 2 unspecified atom stereocenters. The van der Waals surface area contributed by atoms with Crippen LogP contribution in [0.25, 0.3) is 10.9 Å². The van der Waals surface area contributed by atoms with Gasteiger partial charge in [-0.1, -0.05) is 32.0 Å². The minimum Gasteiger partial charge on any atom is -0.504 e. The summed E-state index contributed by atoms with van der Waals surface area (Å²) in [7, 11) is 1.70. The molecule has 6 nitrogen and oxygen atoms in total. The molecule has 0 radical (unpaired) electrons. The lowest BCUT2D eigenvalue weighted by molar-refractivity contribution is -0.173. The van der Waals surface area contributed by atoms with Gasteiger partial charge in [0.25, 0.3) is 0 Å². The number of phenolic OH excluding ortho intramolecular Hbond substituents is 1. The normalized spacial score (nSPS) is 31.1. The first kappa shape index (κ1) is 22.4. The SMILES string of the molecule is CC.COc1c2c(nc3ccccc13)C1Oc3c(O)ccc4c3[C@@]13CCN(CC1CC1)[C@H](C4)C3(O)C2. The van der Waals surface area contributed by atoms with Gasteiger partial charge in [0.05, 0.1) is 29.3 Å². The molecular formula is C30H34N2O4. The van der Waals surface area contributed by atoms with E-state index in [4.69, 9.17) is 14.5 Å². The molecule has 2 bridgehead atoms. The number of hydrogen-bond acceptors (Lipinski definition) is 6. The van der Waals surface area contributed by atoms with Crippen LogP contribution in [-0.2, 0) is 18.3 Å². The Bertz CT molecular complexity index is 1390. The van der Waals surface area contributed by atoms with Gasteiger partial charge in [-0.25, -0.2) is 4.98 Å². The Balaban J connectivity index is 0.00000108. The molecule has 1 spiro atoms. The first-order valence-corrected chi connectivity index (χ1v) is 13.5. The monoisotopic (exact) mass is 486 g/mol. The topological polar surface area (TPSA) is 75.0 Å². The molecule has 4 atom stereocenters. The van der Waals surface area contributed by atoms with E-state index in [2.05, 4.69) is 4.90 Å². The number of aliphatic hydroxyl groups is 1. The number of phenols is 1. The number of likely N-dealkylation sites (tertiary alicyclic amines) is 1. The lowest BCUT2D eigenvalue weighted by Crippen LogP contribution is -2.74. The van der Waals surface area contributed by atoms with Gasteiger partial charge in [0.15, 0.2) is 17.6 Å². The fourth-order valence-corrected chi connectivity index (χ4v) is 7.78. The molecule has 3 aliphatic carbocycles. The average molecular weight is 487 g/mol. The van der Waals surface area contributed by atoms with Crippen molar-refractivity contribution in [1.82, 2.24) is 9.88 Å². The Kier molecular flexibility index (Phi) is 4.72. The Morgan fingerprint density at radius 1 is 1.17 bits per heavy atom. The Morgan fingerprint density at radius 2 is 1.97 bits per heavy atom. The largest absolute Gasteiger partial charge is 0.504 e. The van der Waals surface area contributed by atoms with Crippen LogP contribution in [0.15, 0.2) is 36.4 Å². The van der Waals surface area contributed by atoms with Crippen molar-refractivity contribution in [2.75, 3.05) is 20.2 Å². The van der Waals surface area contributed by atoms with Gasteiger partial charge in [0.2, 0.25) is 0 Å². The number of nitrogens with zero attached hydrogens (tertiary/aromatic N) is 2. The van der Waals surface area contributed by atoms with E-state index in [1.165, 1.54) is 18.4 Å². The summed E-state index contributed by atoms with van der Waals surface area (Å²) >= 11 is 0. The van der Waals surface area contributed by atoms with E-state index in [1.807, 2.05) is 44.2 Å². The van der Waals surface area contributed by atoms with Crippen molar-refractivity contribution in [2.45, 2.75) is 69.1 Å². The number of piperidine rings is 1. The number of para-hydroxylation sites is 1. The van der Waals surface area contributed by atoms with Crippen LogP contribution in [0.3, 0.4) is 0 Å². The third-order valence-electron chi connectivity index (χ3n) is 9.39. The fourth-order valence-electron chi connectivity index (χ4n) is 7.78. The summed E-state index contributed by atoms with van der Waals surface area (Å²) in [5.74, 6) is 2.22. The van der Waals surface area contributed by atoms with Gasteiger partial charge in [-0.15, -0.1) is 0 Å². The maximum Gasteiger partial charge on any atom is 0.166 e. The highest BCUT2D eigenvalue weighted by molar-refractivity contribution is 5.87. The van der Waals surface area contributed by atoms with Crippen molar-refractivity contribution in [1.29, 1.82) is 0 Å². The van der Waals surface area contributed by atoms with Gasteiger partial charge in [-0.05, 0) is 61.9 Å². The summed E-state index contributed by atoms with van der Waals surface area (Å²) in [5, 5.41) is 24.6. The number of rotatable bonds is 3. The molecule has 5 aliphatic rings. The van der Waals surface area contributed by atoms with E-state index >= 15 is 0 Å². The molecule has 3 heterocycles. The van der Waals surface area contributed by atoms with Gasteiger partial charge >= 0.3 is 0 Å². The molecule has 2 aromatic carbocycles. The van der Waals surface area contributed by atoms with Crippen LogP contribution in [-0.4, -0.2) is 51.9 Å². The van der Waals surface area contributed by atoms with Crippen molar-refractivity contribution in [3.63, 3.8) is 0 Å². The van der Waals surface area contributed by atoms with Crippen LogP contribution in [0.2, 0.25) is 0 Å². The third kappa shape index (κ3) is 2.61. The van der Waals surface area contributed by atoms with Crippen molar-refractivity contribution in [3.05, 3.63) is 58.8 Å². The van der Waals surface area contributed by atoms with Crippen molar-refractivity contribution >= 4 is 10.9 Å². The Morgan fingerprint density at radius 3 is 2.75 bits per heavy atom. The quantitative estimate of drug-likeness (QED) is 0.560. The molecule has 2 N–H and O–H groups in total. The third-order valence-corrected chi connectivity index (χ3v) is 9.39. The lowest BCUT2D eigenvalue weighted by atomic mass is 9.49. The van der Waals surface area contributed by atoms with E-state index in [1.54, 1.807) is 13.2 Å². The van der Waals surface area contributed by atoms with Crippen LogP contribution in [0.1, 0.15) is 61.6 Å². The molecule has 36 heavy (non-hydrogen) atoms. The lowest BCUT2D eigenvalue weighted by Gasteiger charge is -2.63. The molecule has 6 heteroatoms. The van der Waals surface area contributed by atoms with Crippen LogP contribution >= 0.6 is 0 Å².